The first-order valence-corrected chi connectivity index (χ1v) is 4.38. The van der Waals surface area contributed by atoms with Gasteiger partial charge >= 0.3 is 5.97 Å². The summed E-state index contributed by atoms with van der Waals surface area (Å²) in [6.07, 6.45) is 0.737. The Morgan fingerprint density at radius 3 is 2.79 bits per heavy atom. The van der Waals surface area contributed by atoms with Crippen LogP contribution in [0.3, 0.4) is 0 Å². The first-order valence-electron chi connectivity index (χ1n) is 4.38. The molecule has 0 unspecified atom stereocenters. The Morgan fingerprint density at radius 1 is 1.57 bits per heavy atom. The largest absolute Gasteiger partial charge is 0.481 e. The predicted molar refractivity (Wildman–Crippen MR) is 46.4 cm³/mol. The molecular weight excluding hydrogens is 188 g/mol. The van der Waals surface area contributed by atoms with Crippen LogP contribution >= 0.6 is 0 Å². The lowest BCUT2D eigenvalue weighted by Crippen LogP contribution is -2.42. The summed E-state index contributed by atoms with van der Waals surface area (Å²) in [5.41, 5.74) is 0. The summed E-state index contributed by atoms with van der Waals surface area (Å²) < 4.78 is 0. The second kappa shape index (κ2) is 4.59. The van der Waals surface area contributed by atoms with Crippen molar-refractivity contribution < 1.29 is 19.5 Å². The molecule has 0 saturated carbocycles. The van der Waals surface area contributed by atoms with Crippen LogP contribution in [0.4, 0.5) is 0 Å². The highest BCUT2D eigenvalue weighted by atomic mass is 16.4. The molecule has 0 aromatic carbocycles. The van der Waals surface area contributed by atoms with Crippen LogP contribution in [0.2, 0.25) is 0 Å². The maximum absolute atomic E-state index is 11.3. The van der Waals surface area contributed by atoms with E-state index in [9.17, 15) is 14.4 Å². The zero-order valence-corrected chi connectivity index (χ0v) is 7.58. The van der Waals surface area contributed by atoms with E-state index in [4.69, 9.17) is 5.11 Å². The molecule has 1 atom stereocenters. The monoisotopic (exact) mass is 200 g/mol. The molecule has 0 aromatic heterocycles. The van der Waals surface area contributed by atoms with E-state index in [1.165, 1.54) is 0 Å². The topological polar surface area (TPSA) is 95.5 Å². The Hall–Kier alpha value is -1.59. The summed E-state index contributed by atoms with van der Waals surface area (Å²) in [4.78, 5) is 32.1. The molecule has 3 N–H and O–H groups in total. The molecule has 1 aliphatic rings. The summed E-state index contributed by atoms with van der Waals surface area (Å²) in [6, 6.07) is -0.490. The fourth-order valence-corrected chi connectivity index (χ4v) is 1.23. The molecule has 1 aliphatic heterocycles. The zero-order chi connectivity index (χ0) is 10.6. The van der Waals surface area contributed by atoms with E-state index < -0.39 is 12.0 Å². The summed E-state index contributed by atoms with van der Waals surface area (Å²) in [6.45, 7) is 0.0978. The number of aliphatic carboxylic acids is 1. The molecule has 6 nitrogen and oxygen atoms in total. The average molecular weight is 200 g/mol. The number of nitrogens with one attached hydrogen (secondary N) is 2. The van der Waals surface area contributed by atoms with E-state index in [1.807, 2.05) is 0 Å². The Bertz CT molecular complexity index is 264. The summed E-state index contributed by atoms with van der Waals surface area (Å²) in [5.74, 6) is -1.40. The van der Waals surface area contributed by atoms with E-state index >= 15 is 0 Å². The Balaban J connectivity index is 2.22. The molecule has 78 valence electrons. The summed E-state index contributed by atoms with van der Waals surface area (Å²) in [5, 5.41) is 13.2. The van der Waals surface area contributed by atoms with E-state index in [-0.39, 0.29) is 24.8 Å². The first-order chi connectivity index (χ1) is 6.59. The second-order valence-corrected chi connectivity index (χ2v) is 3.09. The Morgan fingerprint density at radius 2 is 2.29 bits per heavy atom. The maximum atomic E-state index is 11.3. The minimum absolute atomic E-state index is 0.0978. The van der Waals surface area contributed by atoms with Gasteiger partial charge in [-0.3, -0.25) is 14.4 Å². The third kappa shape index (κ3) is 3.04. The minimum atomic E-state index is -0.958. The number of amides is 2. The highest BCUT2D eigenvalue weighted by molar-refractivity contribution is 5.90. The molecule has 0 radical (unpaired) electrons. The number of carboxylic acid groups (broad SMARTS) is 1. The fourth-order valence-electron chi connectivity index (χ4n) is 1.23. The first kappa shape index (κ1) is 10.5. The van der Waals surface area contributed by atoms with Crippen molar-refractivity contribution in [2.45, 2.75) is 25.3 Å². The number of carbonyl (C=O) groups excluding carboxylic acids is 2. The Labute approximate surface area is 80.7 Å². The van der Waals surface area contributed by atoms with Gasteiger partial charge in [-0.15, -0.1) is 0 Å². The van der Waals surface area contributed by atoms with Gasteiger partial charge in [0, 0.05) is 13.0 Å². The van der Waals surface area contributed by atoms with Gasteiger partial charge in [0.05, 0.1) is 6.42 Å². The number of hydrogen-bond donors (Lipinski definition) is 3. The molecule has 1 heterocycles. The third-order valence-corrected chi connectivity index (χ3v) is 1.95. The van der Waals surface area contributed by atoms with Crippen LogP contribution in [0.1, 0.15) is 19.3 Å². The van der Waals surface area contributed by atoms with Gasteiger partial charge in [-0.25, -0.2) is 0 Å². The van der Waals surface area contributed by atoms with Gasteiger partial charge < -0.3 is 15.7 Å². The van der Waals surface area contributed by atoms with E-state index in [0.29, 0.717) is 12.8 Å². The van der Waals surface area contributed by atoms with Crippen LogP contribution in [-0.4, -0.2) is 35.5 Å². The van der Waals surface area contributed by atoms with Crippen LogP contribution in [-0.2, 0) is 14.4 Å². The van der Waals surface area contributed by atoms with Gasteiger partial charge in [-0.05, 0) is 6.42 Å². The van der Waals surface area contributed by atoms with Crippen LogP contribution < -0.4 is 10.6 Å². The van der Waals surface area contributed by atoms with Gasteiger partial charge in [0.15, 0.2) is 0 Å². The van der Waals surface area contributed by atoms with Gasteiger partial charge in [0.25, 0.3) is 0 Å². The molecule has 1 rings (SSSR count). The fraction of sp³-hybridized carbons (Fsp3) is 0.625. The number of carbonyl (C=O) groups is 3. The maximum Gasteiger partial charge on any atom is 0.305 e. The SMILES string of the molecule is O=C(O)CCNC(=O)[C@@H]1CCC(=O)N1. The zero-order valence-electron chi connectivity index (χ0n) is 7.58. The lowest BCUT2D eigenvalue weighted by atomic mass is 10.2. The molecular formula is C8H12N2O4. The van der Waals surface area contributed by atoms with Gasteiger partial charge in [0.1, 0.15) is 6.04 Å². The predicted octanol–water partition coefficient (Wildman–Crippen LogP) is -1.14. The molecule has 6 heteroatoms. The average Bonchev–Trinajstić information content (AvgIpc) is 2.51. The normalized spacial score (nSPS) is 20.3. The van der Waals surface area contributed by atoms with Crippen molar-refractivity contribution in [3.63, 3.8) is 0 Å². The van der Waals surface area contributed by atoms with E-state index in [2.05, 4.69) is 10.6 Å². The van der Waals surface area contributed by atoms with Crippen molar-refractivity contribution in [1.82, 2.24) is 10.6 Å². The smallest absolute Gasteiger partial charge is 0.305 e. The van der Waals surface area contributed by atoms with Crippen LogP contribution in [0.5, 0.6) is 0 Å². The number of hydrogen-bond acceptors (Lipinski definition) is 3. The van der Waals surface area contributed by atoms with Crippen LogP contribution in [0.15, 0.2) is 0 Å². The van der Waals surface area contributed by atoms with Crippen molar-refractivity contribution >= 4 is 17.8 Å². The van der Waals surface area contributed by atoms with Crippen molar-refractivity contribution in [1.29, 1.82) is 0 Å². The minimum Gasteiger partial charge on any atom is -0.481 e. The molecule has 0 bridgehead atoms. The second-order valence-electron chi connectivity index (χ2n) is 3.09. The molecule has 1 saturated heterocycles. The standard InChI is InChI=1S/C8H12N2O4/c11-6-2-1-5(10-6)8(14)9-4-3-7(12)13/h5H,1-4H2,(H,9,14)(H,10,11)(H,12,13)/t5-/m0/s1. The highest BCUT2D eigenvalue weighted by Gasteiger charge is 2.26. The molecule has 0 aliphatic carbocycles. The van der Waals surface area contributed by atoms with E-state index in [0.717, 1.165) is 0 Å². The van der Waals surface area contributed by atoms with Crippen molar-refractivity contribution in [2.75, 3.05) is 6.54 Å². The molecule has 0 aromatic rings. The van der Waals surface area contributed by atoms with Crippen LogP contribution in [0, 0.1) is 0 Å². The van der Waals surface area contributed by atoms with Crippen molar-refractivity contribution in [3.05, 3.63) is 0 Å². The number of carboxylic acids is 1. The van der Waals surface area contributed by atoms with Gasteiger partial charge in [-0.1, -0.05) is 0 Å². The quantitative estimate of drug-likeness (QED) is 0.534. The molecule has 2 amide bonds. The van der Waals surface area contributed by atoms with Crippen molar-refractivity contribution in [3.8, 4) is 0 Å². The molecule has 1 fully saturated rings. The summed E-state index contributed by atoms with van der Waals surface area (Å²) in [7, 11) is 0. The van der Waals surface area contributed by atoms with E-state index in [1.54, 1.807) is 0 Å². The number of rotatable bonds is 4. The van der Waals surface area contributed by atoms with Crippen molar-refractivity contribution in [2.24, 2.45) is 0 Å². The lowest BCUT2D eigenvalue weighted by molar-refractivity contribution is -0.137. The summed E-state index contributed by atoms with van der Waals surface area (Å²) >= 11 is 0. The van der Waals surface area contributed by atoms with Gasteiger partial charge in [-0.2, -0.15) is 0 Å². The Kier molecular flexibility index (Phi) is 3.44. The third-order valence-electron chi connectivity index (χ3n) is 1.95. The highest BCUT2D eigenvalue weighted by Crippen LogP contribution is 2.05. The lowest BCUT2D eigenvalue weighted by Gasteiger charge is -2.09. The molecule has 14 heavy (non-hydrogen) atoms. The van der Waals surface area contributed by atoms with Gasteiger partial charge in [0.2, 0.25) is 11.8 Å². The molecule has 0 spiro atoms. The van der Waals surface area contributed by atoms with Crippen LogP contribution in [0.25, 0.3) is 0 Å².